The molecule has 30 heavy (non-hydrogen) atoms. The predicted octanol–water partition coefficient (Wildman–Crippen LogP) is 5.82. The fraction of sp³-hybridized carbons (Fsp3) is 0.120. The molecule has 4 aromatic rings. The zero-order chi connectivity index (χ0) is 20.6. The third kappa shape index (κ3) is 5.33. The smallest absolute Gasteiger partial charge is 0.254 e. The third-order valence-electron chi connectivity index (χ3n) is 4.67. The maximum Gasteiger partial charge on any atom is 0.254 e. The summed E-state index contributed by atoms with van der Waals surface area (Å²) in [5.74, 6) is 1.47. The van der Waals surface area contributed by atoms with Gasteiger partial charge in [0.2, 0.25) is 0 Å². The normalized spacial score (nSPS) is 10.5. The molecule has 1 amide bonds. The fourth-order valence-electron chi connectivity index (χ4n) is 3.14. The number of nitrogens with zero attached hydrogens (tertiary/aromatic N) is 2. The second-order valence-corrected chi connectivity index (χ2v) is 7.89. The van der Waals surface area contributed by atoms with E-state index in [1.54, 1.807) is 17.5 Å². The number of para-hydroxylation sites is 1. The van der Waals surface area contributed by atoms with Crippen LogP contribution < -0.4 is 4.74 Å². The van der Waals surface area contributed by atoms with Gasteiger partial charge in [-0.25, -0.2) is 0 Å². The first kappa shape index (κ1) is 19.9. The highest BCUT2D eigenvalue weighted by Crippen LogP contribution is 2.22. The van der Waals surface area contributed by atoms with E-state index in [0.29, 0.717) is 24.4 Å². The Hall–Kier alpha value is -3.44. The zero-order valence-electron chi connectivity index (χ0n) is 16.5. The van der Waals surface area contributed by atoms with Crippen LogP contribution in [0.25, 0.3) is 0 Å². The maximum atomic E-state index is 13.2. The largest absolute Gasteiger partial charge is 0.457 e. The monoisotopic (exact) mass is 414 g/mol. The van der Waals surface area contributed by atoms with Gasteiger partial charge in [-0.3, -0.25) is 9.78 Å². The molecule has 150 valence electrons. The SMILES string of the molecule is O=C(c1ccc(Oc2ccccc2)cc1)N(CCc1cccs1)Cc1cccnc1. The summed E-state index contributed by atoms with van der Waals surface area (Å²) < 4.78 is 5.83. The van der Waals surface area contributed by atoms with Crippen LogP contribution in [-0.2, 0) is 13.0 Å². The van der Waals surface area contributed by atoms with Gasteiger partial charge in [-0.05, 0) is 65.9 Å². The fourth-order valence-corrected chi connectivity index (χ4v) is 3.84. The van der Waals surface area contributed by atoms with Crippen molar-refractivity contribution in [3.05, 3.63) is 113 Å². The van der Waals surface area contributed by atoms with Crippen molar-refractivity contribution in [3.63, 3.8) is 0 Å². The average Bonchev–Trinajstić information content (AvgIpc) is 3.32. The minimum Gasteiger partial charge on any atom is -0.457 e. The number of thiophene rings is 1. The first-order valence-corrected chi connectivity index (χ1v) is 10.7. The summed E-state index contributed by atoms with van der Waals surface area (Å²) >= 11 is 1.71. The third-order valence-corrected chi connectivity index (χ3v) is 5.61. The predicted molar refractivity (Wildman–Crippen MR) is 120 cm³/mol. The Morgan fingerprint density at radius 2 is 1.70 bits per heavy atom. The minimum atomic E-state index is 0.00155. The van der Waals surface area contributed by atoms with Crippen molar-refractivity contribution in [1.82, 2.24) is 9.88 Å². The number of carbonyl (C=O) groups is 1. The highest BCUT2D eigenvalue weighted by Gasteiger charge is 2.17. The van der Waals surface area contributed by atoms with Gasteiger partial charge < -0.3 is 9.64 Å². The first-order valence-electron chi connectivity index (χ1n) is 9.81. The molecular formula is C25H22N2O2S. The van der Waals surface area contributed by atoms with Crippen LogP contribution in [0.2, 0.25) is 0 Å². The van der Waals surface area contributed by atoms with E-state index in [2.05, 4.69) is 16.4 Å². The quantitative estimate of drug-likeness (QED) is 0.365. The molecule has 0 N–H and O–H groups in total. The lowest BCUT2D eigenvalue weighted by molar-refractivity contribution is 0.0745. The number of pyridine rings is 1. The van der Waals surface area contributed by atoms with Crippen molar-refractivity contribution in [3.8, 4) is 11.5 Å². The van der Waals surface area contributed by atoms with Gasteiger partial charge in [-0.2, -0.15) is 0 Å². The molecule has 0 fully saturated rings. The molecule has 0 radical (unpaired) electrons. The van der Waals surface area contributed by atoms with Crippen LogP contribution in [0.15, 0.2) is 96.6 Å². The maximum absolute atomic E-state index is 13.2. The lowest BCUT2D eigenvalue weighted by atomic mass is 10.1. The number of benzene rings is 2. The van der Waals surface area contributed by atoms with E-state index in [0.717, 1.165) is 17.7 Å². The van der Waals surface area contributed by atoms with Crippen LogP contribution in [0, 0.1) is 0 Å². The van der Waals surface area contributed by atoms with E-state index in [9.17, 15) is 4.79 Å². The van der Waals surface area contributed by atoms with Gasteiger partial charge in [0.15, 0.2) is 0 Å². The standard InChI is InChI=1S/C25H22N2O2S/c28-25(21-10-12-23(13-11-21)29-22-7-2-1-3-8-22)27(16-14-24-9-5-17-30-24)19-20-6-4-15-26-18-20/h1-13,15,17-18H,14,16,19H2. The van der Waals surface area contributed by atoms with Crippen LogP contribution >= 0.6 is 11.3 Å². The molecule has 0 saturated carbocycles. The van der Waals surface area contributed by atoms with Gasteiger partial charge in [0.1, 0.15) is 11.5 Å². The molecular weight excluding hydrogens is 392 g/mol. The van der Waals surface area contributed by atoms with Crippen LogP contribution in [-0.4, -0.2) is 22.3 Å². The molecule has 2 heterocycles. The molecule has 0 aliphatic carbocycles. The number of hydrogen-bond donors (Lipinski definition) is 0. The minimum absolute atomic E-state index is 0.00155. The van der Waals surface area contributed by atoms with Crippen LogP contribution in [0.1, 0.15) is 20.8 Å². The Labute approximate surface area is 180 Å². The van der Waals surface area contributed by atoms with E-state index in [1.807, 2.05) is 83.9 Å². The van der Waals surface area contributed by atoms with E-state index in [4.69, 9.17) is 4.74 Å². The number of rotatable bonds is 8. The number of amides is 1. The van der Waals surface area contributed by atoms with Crippen LogP contribution in [0.5, 0.6) is 11.5 Å². The molecule has 0 aliphatic rings. The van der Waals surface area contributed by atoms with Crippen molar-refractivity contribution in [2.45, 2.75) is 13.0 Å². The lowest BCUT2D eigenvalue weighted by Gasteiger charge is -2.23. The molecule has 0 unspecified atom stereocenters. The van der Waals surface area contributed by atoms with Crippen molar-refractivity contribution < 1.29 is 9.53 Å². The Morgan fingerprint density at radius 1 is 0.900 bits per heavy atom. The van der Waals surface area contributed by atoms with Crippen LogP contribution in [0.3, 0.4) is 0 Å². The summed E-state index contributed by atoms with van der Waals surface area (Å²) in [7, 11) is 0. The number of ether oxygens (including phenoxy) is 1. The molecule has 0 spiro atoms. The summed E-state index contributed by atoms with van der Waals surface area (Å²) in [5, 5.41) is 2.06. The molecule has 0 saturated heterocycles. The Bertz CT molecular complexity index is 1050. The van der Waals surface area contributed by atoms with E-state index in [1.165, 1.54) is 4.88 Å². The topological polar surface area (TPSA) is 42.4 Å². The first-order chi connectivity index (χ1) is 14.8. The average molecular weight is 415 g/mol. The summed E-state index contributed by atoms with van der Waals surface area (Å²) in [6.45, 7) is 1.18. The van der Waals surface area contributed by atoms with Crippen molar-refractivity contribution >= 4 is 17.2 Å². The highest BCUT2D eigenvalue weighted by molar-refractivity contribution is 7.09. The van der Waals surface area contributed by atoms with E-state index in [-0.39, 0.29) is 5.91 Å². The van der Waals surface area contributed by atoms with Gasteiger partial charge in [0.05, 0.1) is 0 Å². The van der Waals surface area contributed by atoms with Crippen molar-refractivity contribution in [2.75, 3.05) is 6.54 Å². The van der Waals surface area contributed by atoms with E-state index >= 15 is 0 Å². The highest BCUT2D eigenvalue weighted by atomic mass is 32.1. The number of hydrogen-bond acceptors (Lipinski definition) is 4. The summed E-state index contributed by atoms with van der Waals surface area (Å²) in [6.07, 6.45) is 4.38. The lowest BCUT2D eigenvalue weighted by Crippen LogP contribution is -2.32. The van der Waals surface area contributed by atoms with Gasteiger partial charge >= 0.3 is 0 Å². The second-order valence-electron chi connectivity index (χ2n) is 6.86. The van der Waals surface area contributed by atoms with Crippen LogP contribution in [0.4, 0.5) is 0 Å². The molecule has 5 heteroatoms. The van der Waals surface area contributed by atoms with Gasteiger partial charge in [-0.1, -0.05) is 30.3 Å². The molecule has 4 rings (SSSR count). The van der Waals surface area contributed by atoms with Crippen molar-refractivity contribution in [2.24, 2.45) is 0 Å². The molecule has 2 aromatic carbocycles. The van der Waals surface area contributed by atoms with Gasteiger partial charge in [0.25, 0.3) is 5.91 Å². The summed E-state index contributed by atoms with van der Waals surface area (Å²) in [4.78, 5) is 20.6. The summed E-state index contributed by atoms with van der Waals surface area (Å²) in [5.41, 5.74) is 1.66. The molecule has 0 atom stereocenters. The molecule has 0 aliphatic heterocycles. The van der Waals surface area contributed by atoms with Crippen molar-refractivity contribution in [1.29, 1.82) is 0 Å². The Morgan fingerprint density at radius 3 is 2.40 bits per heavy atom. The Balaban J connectivity index is 1.48. The second kappa shape index (κ2) is 9.85. The summed E-state index contributed by atoms with van der Waals surface area (Å²) in [6, 6.07) is 25.0. The van der Waals surface area contributed by atoms with Gasteiger partial charge in [-0.15, -0.1) is 11.3 Å². The molecule has 0 bridgehead atoms. The zero-order valence-corrected chi connectivity index (χ0v) is 17.3. The van der Waals surface area contributed by atoms with Gasteiger partial charge in [0, 0.05) is 35.9 Å². The molecule has 4 nitrogen and oxygen atoms in total. The van der Waals surface area contributed by atoms with E-state index < -0.39 is 0 Å². The number of carbonyl (C=O) groups excluding carboxylic acids is 1. The number of aromatic nitrogens is 1. The molecule has 2 aromatic heterocycles. The Kier molecular flexibility index (Phi) is 6.52.